The van der Waals surface area contributed by atoms with E-state index in [1.54, 1.807) is 0 Å². The average Bonchev–Trinajstić information content (AvgIpc) is 2.91. The van der Waals surface area contributed by atoms with Crippen molar-refractivity contribution in [3.05, 3.63) is 0 Å². The van der Waals surface area contributed by atoms with Gasteiger partial charge in [-0.05, 0) is 37.5 Å². The van der Waals surface area contributed by atoms with Crippen LogP contribution in [0.25, 0.3) is 0 Å². The van der Waals surface area contributed by atoms with Crippen LogP contribution in [0.4, 0.5) is 0 Å². The molecular formula is C13H24N2O. The van der Waals surface area contributed by atoms with E-state index in [1.165, 1.54) is 32.1 Å². The Kier molecular flexibility index (Phi) is 3.53. The number of nitrogens with one attached hydrogen (secondary N) is 2. The van der Waals surface area contributed by atoms with Crippen molar-refractivity contribution in [2.75, 3.05) is 6.54 Å². The van der Waals surface area contributed by atoms with Crippen LogP contribution in [-0.2, 0) is 4.79 Å². The molecule has 92 valence electrons. The van der Waals surface area contributed by atoms with Gasteiger partial charge in [0.2, 0.25) is 5.91 Å². The second-order valence-electron chi connectivity index (χ2n) is 6.15. The Labute approximate surface area is 98.4 Å². The van der Waals surface area contributed by atoms with Crippen molar-refractivity contribution >= 4 is 5.91 Å². The van der Waals surface area contributed by atoms with Gasteiger partial charge in [0, 0.05) is 25.0 Å². The Morgan fingerprint density at radius 3 is 2.56 bits per heavy atom. The van der Waals surface area contributed by atoms with Crippen molar-refractivity contribution in [3.63, 3.8) is 0 Å². The number of rotatable bonds is 5. The molecule has 3 heteroatoms. The van der Waals surface area contributed by atoms with Crippen LogP contribution in [0.2, 0.25) is 0 Å². The smallest absolute Gasteiger partial charge is 0.221 e. The van der Waals surface area contributed by atoms with Gasteiger partial charge in [-0.25, -0.2) is 0 Å². The zero-order chi connectivity index (χ0) is 11.6. The highest BCUT2D eigenvalue weighted by atomic mass is 16.1. The van der Waals surface area contributed by atoms with Gasteiger partial charge in [-0.15, -0.1) is 0 Å². The number of amides is 1. The van der Waals surface area contributed by atoms with E-state index in [0.717, 1.165) is 6.54 Å². The van der Waals surface area contributed by atoms with Crippen LogP contribution >= 0.6 is 0 Å². The monoisotopic (exact) mass is 224 g/mol. The number of carbonyl (C=O) groups is 1. The lowest BCUT2D eigenvalue weighted by Crippen LogP contribution is -2.33. The third kappa shape index (κ3) is 3.78. The summed E-state index contributed by atoms with van der Waals surface area (Å²) in [5.74, 6) is 0.215. The lowest BCUT2D eigenvalue weighted by molar-refractivity contribution is -0.121. The van der Waals surface area contributed by atoms with Gasteiger partial charge >= 0.3 is 0 Å². The molecule has 0 bridgehead atoms. The molecule has 0 spiro atoms. The minimum absolute atomic E-state index is 0.215. The average molecular weight is 224 g/mol. The Morgan fingerprint density at radius 2 is 2.00 bits per heavy atom. The number of carbonyl (C=O) groups excluding carboxylic acids is 1. The second-order valence-corrected chi connectivity index (χ2v) is 6.15. The topological polar surface area (TPSA) is 41.1 Å². The summed E-state index contributed by atoms with van der Waals surface area (Å²) in [5, 5.41) is 6.52. The third-order valence-corrected chi connectivity index (χ3v) is 3.70. The fraction of sp³-hybridized carbons (Fsp3) is 0.923. The second kappa shape index (κ2) is 4.74. The van der Waals surface area contributed by atoms with E-state index in [4.69, 9.17) is 0 Å². The first kappa shape index (κ1) is 11.9. The zero-order valence-corrected chi connectivity index (χ0v) is 10.5. The summed E-state index contributed by atoms with van der Waals surface area (Å²) in [4.78, 5) is 11.4. The molecule has 0 radical (unpaired) electrons. The fourth-order valence-electron chi connectivity index (χ4n) is 2.53. The van der Waals surface area contributed by atoms with Crippen LogP contribution in [0.3, 0.4) is 0 Å². The van der Waals surface area contributed by atoms with E-state index in [2.05, 4.69) is 24.5 Å². The first-order chi connectivity index (χ1) is 7.55. The van der Waals surface area contributed by atoms with Crippen LogP contribution in [0.1, 0.15) is 52.4 Å². The summed E-state index contributed by atoms with van der Waals surface area (Å²) >= 11 is 0. The predicted molar refractivity (Wildman–Crippen MR) is 65.2 cm³/mol. The summed E-state index contributed by atoms with van der Waals surface area (Å²) < 4.78 is 0. The minimum Gasteiger partial charge on any atom is -0.353 e. The molecule has 2 aliphatic rings. The van der Waals surface area contributed by atoms with Gasteiger partial charge < -0.3 is 10.6 Å². The molecule has 1 atom stereocenters. The van der Waals surface area contributed by atoms with E-state index in [-0.39, 0.29) is 5.91 Å². The maximum absolute atomic E-state index is 11.4. The molecule has 1 unspecified atom stereocenters. The van der Waals surface area contributed by atoms with Crippen molar-refractivity contribution in [1.82, 2.24) is 10.6 Å². The molecule has 2 aliphatic carbocycles. The first-order valence-corrected chi connectivity index (χ1v) is 6.58. The van der Waals surface area contributed by atoms with Crippen LogP contribution in [0, 0.1) is 5.41 Å². The molecule has 0 saturated heterocycles. The van der Waals surface area contributed by atoms with Gasteiger partial charge in [0.1, 0.15) is 0 Å². The number of hydrogen-bond donors (Lipinski definition) is 2. The van der Waals surface area contributed by atoms with Crippen molar-refractivity contribution in [2.45, 2.75) is 64.5 Å². The quantitative estimate of drug-likeness (QED) is 0.748. The number of hydrogen-bond acceptors (Lipinski definition) is 2. The van der Waals surface area contributed by atoms with Gasteiger partial charge in [-0.3, -0.25) is 4.79 Å². The minimum atomic E-state index is 0.215. The Hall–Kier alpha value is -0.570. The first-order valence-electron chi connectivity index (χ1n) is 6.58. The van der Waals surface area contributed by atoms with Crippen LogP contribution in [0.15, 0.2) is 0 Å². The highest BCUT2D eigenvalue weighted by molar-refractivity contribution is 5.76. The molecular weight excluding hydrogens is 200 g/mol. The highest BCUT2D eigenvalue weighted by Crippen LogP contribution is 2.36. The molecule has 0 aromatic rings. The van der Waals surface area contributed by atoms with Crippen molar-refractivity contribution in [3.8, 4) is 0 Å². The van der Waals surface area contributed by atoms with Crippen LogP contribution in [0.5, 0.6) is 0 Å². The van der Waals surface area contributed by atoms with Gasteiger partial charge in [-0.2, -0.15) is 0 Å². The van der Waals surface area contributed by atoms with Gasteiger partial charge in [0.05, 0.1) is 0 Å². The molecule has 0 aliphatic heterocycles. The molecule has 0 heterocycles. The summed E-state index contributed by atoms with van der Waals surface area (Å²) in [6.45, 7) is 5.49. The lowest BCUT2D eigenvalue weighted by atomic mass is 9.92. The van der Waals surface area contributed by atoms with Crippen molar-refractivity contribution in [1.29, 1.82) is 0 Å². The SMILES string of the molecule is CC1(C)CCC(NCCC(=O)NC2CC2)C1. The third-order valence-electron chi connectivity index (χ3n) is 3.70. The van der Waals surface area contributed by atoms with E-state index in [0.29, 0.717) is 23.9 Å². The summed E-state index contributed by atoms with van der Waals surface area (Å²) in [6, 6.07) is 1.13. The molecule has 2 N–H and O–H groups in total. The van der Waals surface area contributed by atoms with Crippen molar-refractivity contribution < 1.29 is 4.79 Å². The zero-order valence-electron chi connectivity index (χ0n) is 10.5. The Balaban J connectivity index is 1.55. The molecule has 2 fully saturated rings. The standard InChI is InChI=1S/C13H24N2O/c1-13(2)7-5-11(9-13)14-8-6-12(16)15-10-3-4-10/h10-11,14H,3-9H2,1-2H3,(H,15,16). The van der Waals surface area contributed by atoms with E-state index < -0.39 is 0 Å². The Bertz CT molecular complexity index is 259. The molecule has 2 rings (SSSR count). The van der Waals surface area contributed by atoms with E-state index >= 15 is 0 Å². The molecule has 16 heavy (non-hydrogen) atoms. The molecule has 2 saturated carbocycles. The van der Waals surface area contributed by atoms with Crippen molar-refractivity contribution in [2.24, 2.45) is 5.41 Å². The summed E-state index contributed by atoms with van der Waals surface area (Å²) in [7, 11) is 0. The van der Waals surface area contributed by atoms with Gasteiger partial charge in [0.25, 0.3) is 0 Å². The fourth-order valence-corrected chi connectivity index (χ4v) is 2.53. The Morgan fingerprint density at radius 1 is 1.25 bits per heavy atom. The maximum atomic E-state index is 11.4. The normalized spacial score (nSPS) is 28.0. The molecule has 0 aromatic carbocycles. The largest absolute Gasteiger partial charge is 0.353 e. The molecule has 1 amide bonds. The van der Waals surface area contributed by atoms with Gasteiger partial charge in [0.15, 0.2) is 0 Å². The summed E-state index contributed by atoms with van der Waals surface area (Å²) in [5.41, 5.74) is 0.494. The van der Waals surface area contributed by atoms with E-state index in [1.807, 2.05) is 0 Å². The van der Waals surface area contributed by atoms with Crippen LogP contribution < -0.4 is 10.6 Å². The maximum Gasteiger partial charge on any atom is 0.221 e. The lowest BCUT2D eigenvalue weighted by Gasteiger charge is -2.17. The highest BCUT2D eigenvalue weighted by Gasteiger charge is 2.30. The predicted octanol–water partition coefficient (Wildman–Crippen LogP) is 1.82. The van der Waals surface area contributed by atoms with E-state index in [9.17, 15) is 4.79 Å². The molecule has 0 aromatic heterocycles. The van der Waals surface area contributed by atoms with Crippen LogP contribution in [-0.4, -0.2) is 24.5 Å². The summed E-state index contributed by atoms with van der Waals surface area (Å²) in [6.07, 6.45) is 6.80. The molecule has 3 nitrogen and oxygen atoms in total. The van der Waals surface area contributed by atoms with Gasteiger partial charge in [-0.1, -0.05) is 13.8 Å².